The van der Waals surface area contributed by atoms with Crippen LogP contribution in [-0.2, 0) is 19.2 Å². The molecule has 2 rings (SSSR count). The van der Waals surface area contributed by atoms with Crippen molar-refractivity contribution < 1.29 is 19.2 Å². The number of hydrogen-bond acceptors (Lipinski definition) is 4. The summed E-state index contributed by atoms with van der Waals surface area (Å²) in [6.07, 6.45) is 4.79. The minimum absolute atomic E-state index is 0. The van der Waals surface area contributed by atoms with Crippen molar-refractivity contribution in [1.29, 1.82) is 0 Å². The van der Waals surface area contributed by atoms with Gasteiger partial charge in [-0.05, 0) is 0 Å². The fourth-order valence-electron chi connectivity index (χ4n) is 0.712. The number of amides is 4. The van der Waals surface area contributed by atoms with Gasteiger partial charge >= 0.3 is 0 Å². The molecule has 0 unspecified atom stereocenters. The van der Waals surface area contributed by atoms with E-state index in [0.717, 1.165) is 0 Å². The van der Waals surface area contributed by atoms with Crippen molar-refractivity contribution in [3.05, 3.63) is 24.3 Å². The maximum Gasteiger partial charge on any atom is 0.250 e. The molecule has 2 N–H and O–H groups in total. The van der Waals surface area contributed by atoms with Gasteiger partial charge < -0.3 is 0 Å². The van der Waals surface area contributed by atoms with Crippen molar-refractivity contribution in [3.63, 3.8) is 0 Å². The van der Waals surface area contributed by atoms with Crippen LogP contribution < -0.4 is 10.6 Å². The van der Waals surface area contributed by atoms with Crippen LogP contribution in [0, 0.1) is 0 Å². The number of carbonyl (C=O) groups is 4. The first-order valence-corrected chi connectivity index (χ1v) is 3.64. The molecule has 0 spiro atoms. The molecular weight excluding hydrogens is 220 g/mol. The van der Waals surface area contributed by atoms with Crippen LogP contribution >= 0.6 is 13.5 Å². The van der Waals surface area contributed by atoms with E-state index in [1.54, 1.807) is 0 Å². The Morgan fingerprint density at radius 1 is 0.600 bits per heavy atom. The van der Waals surface area contributed by atoms with Gasteiger partial charge in [0.05, 0.1) is 0 Å². The maximum atomic E-state index is 10.0. The standard InChI is InChI=1S/2C4H3NO2.S/c2*6-3-1-2-4(7)5-3;/h2*1-2H,(H,5,6,7);. The van der Waals surface area contributed by atoms with Gasteiger partial charge in [-0.25, -0.2) is 0 Å². The minimum Gasteiger partial charge on any atom is -0.289 e. The topological polar surface area (TPSA) is 92.3 Å². The second-order valence-electron chi connectivity index (χ2n) is 2.37. The molecule has 4 amide bonds. The van der Waals surface area contributed by atoms with E-state index in [-0.39, 0.29) is 37.1 Å². The van der Waals surface area contributed by atoms with Crippen LogP contribution in [0.15, 0.2) is 24.3 Å². The Hall–Kier alpha value is -1.89. The van der Waals surface area contributed by atoms with E-state index in [4.69, 9.17) is 0 Å². The molecule has 0 saturated carbocycles. The van der Waals surface area contributed by atoms with E-state index in [2.05, 4.69) is 0 Å². The van der Waals surface area contributed by atoms with E-state index >= 15 is 0 Å². The molecule has 7 heteroatoms. The monoisotopic (exact) mass is 226 g/mol. The van der Waals surface area contributed by atoms with E-state index in [1.165, 1.54) is 24.3 Å². The van der Waals surface area contributed by atoms with Gasteiger partial charge in [-0.1, -0.05) is 0 Å². The van der Waals surface area contributed by atoms with E-state index in [9.17, 15) is 19.2 Å². The molecule has 0 aromatic rings. The first-order valence-electron chi connectivity index (χ1n) is 3.64. The van der Waals surface area contributed by atoms with Crippen molar-refractivity contribution in [2.45, 2.75) is 0 Å². The Morgan fingerprint density at radius 3 is 0.867 bits per heavy atom. The molecule has 2 heterocycles. The Balaban J connectivity index is 0.000000245. The van der Waals surface area contributed by atoms with Gasteiger partial charge in [0.25, 0.3) is 23.6 Å². The molecule has 2 aliphatic heterocycles. The highest BCUT2D eigenvalue weighted by atomic mass is 32.1. The van der Waals surface area contributed by atoms with Gasteiger partial charge in [0.15, 0.2) is 0 Å². The van der Waals surface area contributed by atoms with E-state index in [0.29, 0.717) is 0 Å². The lowest BCUT2D eigenvalue weighted by Gasteiger charge is -1.80. The zero-order valence-electron chi connectivity index (χ0n) is 7.35. The third-order valence-corrected chi connectivity index (χ3v) is 1.26. The molecule has 2 aliphatic rings. The van der Waals surface area contributed by atoms with Crippen LogP contribution in [0.2, 0.25) is 0 Å². The lowest BCUT2D eigenvalue weighted by atomic mass is 10.6. The maximum absolute atomic E-state index is 10.0. The zero-order chi connectivity index (χ0) is 10.6. The number of hydrogen-bond donors (Lipinski definition) is 2. The van der Waals surface area contributed by atoms with Gasteiger partial charge in [0, 0.05) is 37.8 Å². The van der Waals surface area contributed by atoms with Crippen LogP contribution in [0.25, 0.3) is 0 Å². The number of imide groups is 2. The van der Waals surface area contributed by atoms with Gasteiger partial charge in [0.2, 0.25) is 0 Å². The molecule has 0 aromatic carbocycles. The second kappa shape index (κ2) is 5.76. The molecule has 6 nitrogen and oxygen atoms in total. The molecule has 78 valence electrons. The first kappa shape index (κ1) is 13.1. The predicted molar refractivity (Wildman–Crippen MR) is 52.2 cm³/mol. The summed E-state index contributed by atoms with van der Waals surface area (Å²) in [5, 5.41) is 4.06. The Labute approximate surface area is 91.8 Å². The van der Waals surface area contributed by atoms with Crippen LogP contribution in [0.4, 0.5) is 0 Å². The average molecular weight is 226 g/mol. The van der Waals surface area contributed by atoms with Crippen molar-refractivity contribution in [2.24, 2.45) is 0 Å². The molecule has 0 saturated heterocycles. The highest BCUT2D eigenvalue weighted by Gasteiger charge is 2.07. The summed E-state index contributed by atoms with van der Waals surface area (Å²) < 4.78 is 0. The minimum atomic E-state index is -0.329. The average Bonchev–Trinajstić information content (AvgIpc) is 2.63. The quantitative estimate of drug-likeness (QED) is 0.521. The summed E-state index contributed by atoms with van der Waals surface area (Å²) in [6.45, 7) is 0. The molecular formula is C8H6N2O4S. The zero-order valence-corrected chi connectivity index (χ0v) is 8.17. The Kier molecular flexibility index (Phi) is 5.03. The summed E-state index contributed by atoms with van der Waals surface area (Å²) in [5.41, 5.74) is 0. The summed E-state index contributed by atoms with van der Waals surface area (Å²) >= 11 is 0. The van der Waals surface area contributed by atoms with Crippen LogP contribution in [0.3, 0.4) is 0 Å². The van der Waals surface area contributed by atoms with Crippen LogP contribution in [0.5, 0.6) is 0 Å². The lowest BCUT2D eigenvalue weighted by molar-refractivity contribution is -0.125. The largest absolute Gasteiger partial charge is 0.289 e. The molecule has 0 atom stereocenters. The van der Waals surface area contributed by atoms with Crippen molar-refractivity contribution in [1.82, 2.24) is 10.6 Å². The normalized spacial score (nSPS) is 16.5. The lowest BCUT2D eigenvalue weighted by Crippen LogP contribution is -2.19. The third kappa shape index (κ3) is 4.77. The van der Waals surface area contributed by atoms with Crippen molar-refractivity contribution >= 4 is 37.1 Å². The number of carbonyl (C=O) groups excluding carboxylic acids is 4. The molecule has 0 fully saturated rings. The van der Waals surface area contributed by atoms with Gasteiger partial charge in [-0.15, -0.1) is 0 Å². The fraction of sp³-hybridized carbons (Fsp3) is 0. The molecule has 15 heavy (non-hydrogen) atoms. The fourth-order valence-corrected chi connectivity index (χ4v) is 0.712. The Bertz CT molecular complexity index is 305. The van der Waals surface area contributed by atoms with Crippen molar-refractivity contribution in [2.75, 3.05) is 0 Å². The van der Waals surface area contributed by atoms with Crippen molar-refractivity contribution in [3.8, 4) is 0 Å². The second-order valence-corrected chi connectivity index (χ2v) is 2.37. The number of nitrogens with one attached hydrogen (secondary N) is 2. The highest BCUT2D eigenvalue weighted by Crippen LogP contribution is 1.83. The summed E-state index contributed by atoms with van der Waals surface area (Å²) in [5.74, 6) is -1.31. The summed E-state index contributed by atoms with van der Waals surface area (Å²) in [4.78, 5) is 40.1. The molecule has 0 aliphatic carbocycles. The number of rotatable bonds is 0. The smallest absolute Gasteiger partial charge is 0.250 e. The Morgan fingerprint density at radius 2 is 0.800 bits per heavy atom. The van der Waals surface area contributed by atoms with E-state index < -0.39 is 0 Å². The first-order chi connectivity index (χ1) is 6.58. The summed E-state index contributed by atoms with van der Waals surface area (Å²) in [6, 6.07) is 0. The van der Waals surface area contributed by atoms with Gasteiger partial charge in [-0.2, -0.15) is 0 Å². The summed E-state index contributed by atoms with van der Waals surface area (Å²) in [7, 11) is 0. The molecule has 0 bridgehead atoms. The van der Waals surface area contributed by atoms with Crippen LogP contribution in [0.1, 0.15) is 0 Å². The van der Waals surface area contributed by atoms with Gasteiger partial charge in [-0.3, -0.25) is 29.8 Å². The van der Waals surface area contributed by atoms with E-state index in [1.807, 2.05) is 10.6 Å². The predicted octanol–water partition coefficient (Wildman–Crippen LogP) is -0.954. The highest BCUT2D eigenvalue weighted by molar-refractivity contribution is 7.59. The van der Waals surface area contributed by atoms with Gasteiger partial charge in [0.1, 0.15) is 0 Å². The third-order valence-electron chi connectivity index (χ3n) is 1.26. The SMILES string of the molecule is O=C1C=CC(=O)N1.O=C1C=CC(=O)N1.[S]. The molecule has 0 aromatic heterocycles. The van der Waals surface area contributed by atoms with Crippen LogP contribution in [-0.4, -0.2) is 23.6 Å². The molecule has 2 radical (unpaired) electrons.